The molecule has 1 aliphatic rings. The third kappa shape index (κ3) is 3.06. The molecule has 0 spiro atoms. The highest BCUT2D eigenvalue weighted by Gasteiger charge is 2.37. The lowest BCUT2D eigenvalue weighted by atomic mass is 10.0. The molecule has 0 aromatic carbocycles. The van der Waals surface area contributed by atoms with Gasteiger partial charge in [-0.1, -0.05) is 20.3 Å². The number of rotatable bonds is 5. The van der Waals surface area contributed by atoms with Gasteiger partial charge in [0.05, 0.1) is 12.1 Å². The van der Waals surface area contributed by atoms with Gasteiger partial charge < -0.3 is 16.2 Å². The van der Waals surface area contributed by atoms with Crippen molar-refractivity contribution < 1.29 is 9.90 Å². The van der Waals surface area contributed by atoms with Crippen LogP contribution in [0.4, 0.5) is 17.5 Å². The van der Waals surface area contributed by atoms with Crippen molar-refractivity contribution in [3.8, 4) is 0 Å². The molecule has 2 heterocycles. The fourth-order valence-electron chi connectivity index (χ4n) is 2.73. The summed E-state index contributed by atoms with van der Waals surface area (Å²) in [5.74, 6) is 0.0832. The number of amides is 1. The zero-order valence-corrected chi connectivity index (χ0v) is 12.9. The number of nitrogens with one attached hydrogen (secondary N) is 2. The highest BCUT2D eigenvalue weighted by molar-refractivity contribution is 5.97. The molecule has 5 N–H and O–H groups in total. The van der Waals surface area contributed by atoms with Gasteiger partial charge in [-0.3, -0.25) is 19.5 Å². The maximum atomic E-state index is 12.5. The van der Waals surface area contributed by atoms with Gasteiger partial charge in [0, 0.05) is 13.0 Å². The second-order valence-corrected chi connectivity index (χ2v) is 5.47. The van der Waals surface area contributed by atoms with E-state index in [0.29, 0.717) is 25.8 Å². The Morgan fingerprint density at radius 3 is 2.86 bits per heavy atom. The number of nitrogen functional groups attached to an aromatic ring is 1. The number of nitrogens with zero attached hydrogens (tertiary/aromatic N) is 2. The van der Waals surface area contributed by atoms with E-state index in [9.17, 15) is 14.7 Å². The second-order valence-electron chi connectivity index (χ2n) is 5.47. The number of aliphatic hydroxyl groups is 1. The normalized spacial score (nSPS) is 18.5. The molecule has 2 rings (SSSR count). The van der Waals surface area contributed by atoms with Crippen LogP contribution in [0.2, 0.25) is 0 Å². The number of hydrogen-bond acceptors (Lipinski definition) is 6. The van der Waals surface area contributed by atoms with E-state index in [1.54, 1.807) is 0 Å². The van der Waals surface area contributed by atoms with Crippen LogP contribution in [0, 0.1) is 0 Å². The second kappa shape index (κ2) is 6.78. The quantitative estimate of drug-likeness (QED) is 0.625. The Hall–Kier alpha value is -2.09. The van der Waals surface area contributed by atoms with Gasteiger partial charge in [0.2, 0.25) is 11.9 Å². The monoisotopic (exact) mass is 309 g/mol. The summed E-state index contributed by atoms with van der Waals surface area (Å²) in [6, 6.07) is -0.488. The molecule has 0 fully saturated rings. The molecule has 0 saturated heterocycles. The fourth-order valence-corrected chi connectivity index (χ4v) is 2.73. The van der Waals surface area contributed by atoms with E-state index in [1.807, 2.05) is 13.8 Å². The summed E-state index contributed by atoms with van der Waals surface area (Å²) >= 11 is 0. The van der Waals surface area contributed by atoms with Crippen LogP contribution in [-0.2, 0) is 4.79 Å². The van der Waals surface area contributed by atoms with Crippen molar-refractivity contribution >= 4 is 23.4 Å². The number of anilines is 3. The van der Waals surface area contributed by atoms with E-state index in [-0.39, 0.29) is 23.4 Å². The minimum absolute atomic E-state index is 0.00769. The van der Waals surface area contributed by atoms with Gasteiger partial charge >= 0.3 is 0 Å². The molecule has 0 aliphatic carbocycles. The summed E-state index contributed by atoms with van der Waals surface area (Å²) in [5, 5.41) is 13.3. The number of H-pyrrole nitrogens is 1. The number of aromatic nitrogens is 2. The fraction of sp³-hybridized carbons (Fsp3) is 0.643. The van der Waals surface area contributed by atoms with Gasteiger partial charge in [0.1, 0.15) is 0 Å². The Labute approximate surface area is 128 Å². The molecule has 0 bridgehead atoms. The number of carbonyl (C=O) groups is 1. The molecule has 8 heteroatoms. The first-order valence-electron chi connectivity index (χ1n) is 7.63. The largest absolute Gasteiger partial charge is 0.391 e. The van der Waals surface area contributed by atoms with Crippen LogP contribution < -0.4 is 21.5 Å². The Bertz CT molecular complexity index is 601. The molecule has 2 unspecified atom stereocenters. The van der Waals surface area contributed by atoms with Gasteiger partial charge in [-0.2, -0.15) is 4.98 Å². The summed E-state index contributed by atoms with van der Waals surface area (Å²) in [5.41, 5.74) is 5.20. The molecule has 2 atom stereocenters. The van der Waals surface area contributed by atoms with Crippen LogP contribution in [-0.4, -0.2) is 39.7 Å². The van der Waals surface area contributed by atoms with E-state index in [1.165, 1.54) is 4.90 Å². The molecule has 0 saturated carbocycles. The maximum Gasteiger partial charge on any atom is 0.278 e. The van der Waals surface area contributed by atoms with E-state index in [0.717, 1.165) is 6.42 Å². The van der Waals surface area contributed by atoms with Gasteiger partial charge in [0.25, 0.3) is 5.56 Å². The minimum atomic E-state index is -0.705. The van der Waals surface area contributed by atoms with Crippen molar-refractivity contribution in [2.75, 3.05) is 22.5 Å². The average Bonchev–Trinajstić information content (AvgIpc) is 2.46. The van der Waals surface area contributed by atoms with Crippen molar-refractivity contribution in [1.82, 2.24) is 9.97 Å². The molecule has 1 amide bonds. The zero-order chi connectivity index (χ0) is 16.3. The molecule has 122 valence electrons. The minimum Gasteiger partial charge on any atom is -0.391 e. The number of aromatic amines is 1. The van der Waals surface area contributed by atoms with E-state index in [2.05, 4.69) is 15.3 Å². The van der Waals surface area contributed by atoms with Crippen molar-refractivity contribution in [3.63, 3.8) is 0 Å². The first kappa shape index (κ1) is 16.3. The Morgan fingerprint density at radius 2 is 2.23 bits per heavy atom. The predicted molar refractivity (Wildman–Crippen MR) is 84.9 cm³/mol. The lowest BCUT2D eigenvalue weighted by Gasteiger charge is -2.38. The van der Waals surface area contributed by atoms with Crippen molar-refractivity contribution in [3.05, 3.63) is 10.4 Å². The van der Waals surface area contributed by atoms with Gasteiger partial charge in [-0.15, -0.1) is 0 Å². The van der Waals surface area contributed by atoms with Crippen molar-refractivity contribution in [1.29, 1.82) is 0 Å². The molecule has 1 aliphatic heterocycles. The SMILES string of the molecule is CCCC(=O)N1c2c(nc(N)[nH]c2=O)NCC1C(O)CCC. The van der Waals surface area contributed by atoms with Crippen molar-refractivity contribution in [2.24, 2.45) is 0 Å². The molecule has 1 aromatic rings. The summed E-state index contributed by atoms with van der Waals surface area (Å²) < 4.78 is 0. The Morgan fingerprint density at radius 1 is 1.50 bits per heavy atom. The van der Waals surface area contributed by atoms with Crippen molar-refractivity contribution in [2.45, 2.75) is 51.7 Å². The molecule has 22 heavy (non-hydrogen) atoms. The van der Waals surface area contributed by atoms with Gasteiger partial charge in [-0.25, -0.2) is 0 Å². The molecule has 8 nitrogen and oxygen atoms in total. The maximum absolute atomic E-state index is 12.5. The standard InChI is InChI=1S/C14H23N5O3/c1-3-5-9(20)8-7-16-12-11(13(22)18-14(15)17-12)19(8)10(21)6-4-2/h8-9,20H,3-7H2,1-2H3,(H4,15,16,17,18,22). The average molecular weight is 309 g/mol. The lowest BCUT2D eigenvalue weighted by Crippen LogP contribution is -2.55. The number of aliphatic hydroxyl groups excluding tert-OH is 1. The highest BCUT2D eigenvalue weighted by atomic mass is 16.3. The van der Waals surface area contributed by atoms with Crippen LogP contribution in [0.5, 0.6) is 0 Å². The topological polar surface area (TPSA) is 124 Å². The molecule has 0 radical (unpaired) electrons. The first-order valence-corrected chi connectivity index (χ1v) is 7.63. The Kier molecular flexibility index (Phi) is 5.02. The summed E-state index contributed by atoms with van der Waals surface area (Å²) in [6.07, 6.45) is 1.60. The van der Waals surface area contributed by atoms with Gasteiger partial charge in [-0.05, 0) is 12.8 Å². The first-order chi connectivity index (χ1) is 10.5. The third-order valence-electron chi connectivity index (χ3n) is 3.73. The number of hydrogen-bond donors (Lipinski definition) is 4. The summed E-state index contributed by atoms with van der Waals surface area (Å²) in [7, 11) is 0. The molecular formula is C14H23N5O3. The van der Waals surface area contributed by atoms with E-state index in [4.69, 9.17) is 5.73 Å². The van der Waals surface area contributed by atoms with Crippen LogP contribution >= 0.6 is 0 Å². The van der Waals surface area contributed by atoms with Crippen LogP contribution in [0.25, 0.3) is 0 Å². The number of nitrogens with two attached hydrogens (primary N) is 1. The number of carbonyl (C=O) groups excluding carboxylic acids is 1. The Balaban J connectivity index is 2.48. The smallest absolute Gasteiger partial charge is 0.278 e. The number of fused-ring (bicyclic) bond motifs is 1. The molecule has 1 aromatic heterocycles. The summed E-state index contributed by atoms with van der Waals surface area (Å²) in [6.45, 7) is 4.18. The lowest BCUT2D eigenvalue weighted by molar-refractivity contribution is -0.119. The van der Waals surface area contributed by atoms with E-state index < -0.39 is 17.7 Å². The van der Waals surface area contributed by atoms with Crippen LogP contribution in [0.3, 0.4) is 0 Å². The van der Waals surface area contributed by atoms with Gasteiger partial charge in [0.15, 0.2) is 11.5 Å². The summed E-state index contributed by atoms with van der Waals surface area (Å²) in [4.78, 5) is 32.6. The zero-order valence-electron chi connectivity index (χ0n) is 12.9. The van der Waals surface area contributed by atoms with Crippen LogP contribution in [0.1, 0.15) is 39.5 Å². The van der Waals surface area contributed by atoms with Crippen LogP contribution in [0.15, 0.2) is 4.79 Å². The highest BCUT2D eigenvalue weighted by Crippen LogP contribution is 2.29. The predicted octanol–water partition coefficient (Wildman–Crippen LogP) is 0.440. The third-order valence-corrected chi connectivity index (χ3v) is 3.73. The molecular weight excluding hydrogens is 286 g/mol. The van der Waals surface area contributed by atoms with E-state index >= 15 is 0 Å².